The van der Waals surface area contributed by atoms with E-state index in [1.54, 1.807) is 13.2 Å². The van der Waals surface area contributed by atoms with Crippen LogP contribution in [0, 0.1) is 10.1 Å². The number of nitrogens with one attached hydrogen (secondary N) is 1. The molecule has 132 valence electrons. The molecule has 1 N–H and O–H groups in total. The predicted molar refractivity (Wildman–Crippen MR) is 101 cm³/mol. The Morgan fingerprint density at radius 3 is 2.54 bits per heavy atom. The largest absolute Gasteiger partial charge is 0.380 e. The second kappa shape index (κ2) is 8.22. The van der Waals surface area contributed by atoms with Crippen LogP contribution < -0.4 is 5.32 Å². The van der Waals surface area contributed by atoms with E-state index in [4.69, 9.17) is 4.74 Å². The summed E-state index contributed by atoms with van der Waals surface area (Å²) < 4.78 is 5.15. The molecule has 0 aliphatic heterocycles. The van der Waals surface area contributed by atoms with Gasteiger partial charge in [0.05, 0.1) is 11.5 Å². The molecule has 2 aromatic carbocycles. The highest BCUT2D eigenvalue weighted by atomic mass is 16.6. The van der Waals surface area contributed by atoms with Gasteiger partial charge in [-0.3, -0.25) is 10.1 Å². The Morgan fingerprint density at radius 1 is 1.04 bits per heavy atom. The van der Waals surface area contributed by atoms with Gasteiger partial charge in [0.15, 0.2) is 5.69 Å². The zero-order valence-electron chi connectivity index (χ0n) is 14.4. The number of nitrogens with zero attached hydrogens (tertiary/aromatic N) is 2. The second-order valence-corrected chi connectivity index (χ2v) is 5.79. The van der Waals surface area contributed by atoms with Crippen LogP contribution in [0.1, 0.15) is 11.1 Å². The Morgan fingerprint density at radius 2 is 1.81 bits per heavy atom. The van der Waals surface area contributed by atoms with Crippen molar-refractivity contribution in [2.45, 2.75) is 13.2 Å². The van der Waals surface area contributed by atoms with Gasteiger partial charge in [0.25, 0.3) is 5.69 Å². The molecule has 3 aromatic rings. The molecule has 1 aromatic heterocycles. The first kappa shape index (κ1) is 17.6. The van der Waals surface area contributed by atoms with E-state index in [-0.39, 0.29) is 5.69 Å². The summed E-state index contributed by atoms with van der Waals surface area (Å²) in [5.74, 6) is 0.589. The van der Waals surface area contributed by atoms with E-state index in [1.807, 2.05) is 48.5 Å². The van der Waals surface area contributed by atoms with Crippen LogP contribution in [0.5, 0.6) is 0 Å². The first-order chi connectivity index (χ1) is 12.7. The van der Waals surface area contributed by atoms with Crippen LogP contribution in [-0.2, 0) is 17.9 Å². The molecule has 0 amide bonds. The van der Waals surface area contributed by atoms with Gasteiger partial charge in [-0.25, -0.2) is 4.98 Å². The number of hydrogen-bond acceptors (Lipinski definition) is 5. The Labute approximate surface area is 151 Å². The van der Waals surface area contributed by atoms with Crippen molar-refractivity contribution in [1.82, 2.24) is 4.98 Å². The molecular weight excluding hydrogens is 330 g/mol. The molecular formula is C20H19N3O3. The maximum Gasteiger partial charge on any atom is 0.295 e. The number of benzene rings is 2. The standard InChI is InChI=1S/C20H19N3O3/c1-26-14-16-7-5-6-15(12-16)13-21-19-11-10-18(23(24)25)20(22-19)17-8-3-2-4-9-17/h2-12H,13-14H2,1H3,(H,21,22). The summed E-state index contributed by atoms with van der Waals surface area (Å²) in [5.41, 5.74) is 3.23. The molecule has 0 saturated carbocycles. The summed E-state index contributed by atoms with van der Waals surface area (Å²) in [6.07, 6.45) is 0. The van der Waals surface area contributed by atoms with E-state index < -0.39 is 4.92 Å². The minimum atomic E-state index is -0.409. The minimum absolute atomic E-state index is 0.0103. The fraction of sp³-hybridized carbons (Fsp3) is 0.150. The van der Waals surface area contributed by atoms with Gasteiger partial charge >= 0.3 is 0 Å². The first-order valence-electron chi connectivity index (χ1n) is 8.19. The first-order valence-corrected chi connectivity index (χ1v) is 8.19. The fourth-order valence-corrected chi connectivity index (χ4v) is 2.69. The SMILES string of the molecule is COCc1cccc(CNc2ccc([N+](=O)[O-])c(-c3ccccc3)n2)c1. The molecule has 26 heavy (non-hydrogen) atoms. The lowest BCUT2D eigenvalue weighted by molar-refractivity contribution is -0.384. The number of aromatic nitrogens is 1. The Hall–Kier alpha value is -3.25. The van der Waals surface area contributed by atoms with Crippen molar-refractivity contribution in [3.05, 3.63) is 88.0 Å². The number of ether oxygens (including phenoxy) is 1. The van der Waals surface area contributed by atoms with Gasteiger partial charge in [-0.05, 0) is 17.2 Å². The molecule has 6 nitrogen and oxygen atoms in total. The van der Waals surface area contributed by atoms with E-state index in [1.165, 1.54) is 6.07 Å². The second-order valence-electron chi connectivity index (χ2n) is 5.79. The lowest BCUT2D eigenvalue weighted by atomic mass is 10.1. The van der Waals surface area contributed by atoms with E-state index in [2.05, 4.69) is 16.4 Å². The summed E-state index contributed by atoms with van der Waals surface area (Å²) in [6, 6.07) is 20.3. The van der Waals surface area contributed by atoms with E-state index in [0.717, 1.165) is 11.1 Å². The predicted octanol–water partition coefficient (Wildman–Crippen LogP) is 4.42. The van der Waals surface area contributed by atoms with Crippen LogP contribution in [0.4, 0.5) is 11.5 Å². The van der Waals surface area contributed by atoms with Crippen LogP contribution in [0.15, 0.2) is 66.7 Å². The number of nitro groups is 1. The summed E-state index contributed by atoms with van der Waals surface area (Å²) in [7, 11) is 1.66. The molecule has 6 heteroatoms. The van der Waals surface area contributed by atoms with E-state index in [9.17, 15) is 10.1 Å². The minimum Gasteiger partial charge on any atom is -0.380 e. The molecule has 0 bridgehead atoms. The zero-order chi connectivity index (χ0) is 18.4. The number of methoxy groups -OCH3 is 1. The highest BCUT2D eigenvalue weighted by Gasteiger charge is 2.17. The van der Waals surface area contributed by atoms with Gasteiger partial charge in [0.1, 0.15) is 5.82 Å². The molecule has 0 fully saturated rings. The van der Waals surface area contributed by atoms with Gasteiger partial charge in [0, 0.05) is 25.3 Å². The molecule has 0 spiro atoms. The summed E-state index contributed by atoms with van der Waals surface area (Å²) >= 11 is 0. The molecule has 0 atom stereocenters. The van der Waals surface area contributed by atoms with Crippen molar-refractivity contribution in [3.8, 4) is 11.3 Å². The van der Waals surface area contributed by atoms with Crippen LogP contribution in [0.25, 0.3) is 11.3 Å². The van der Waals surface area contributed by atoms with Gasteiger partial charge in [0.2, 0.25) is 0 Å². The molecule has 3 rings (SSSR count). The smallest absolute Gasteiger partial charge is 0.295 e. The lowest BCUT2D eigenvalue weighted by Crippen LogP contribution is -2.04. The monoisotopic (exact) mass is 349 g/mol. The topological polar surface area (TPSA) is 77.3 Å². The van der Waals surface area contributed by atoms with Crippen LogP contribution in [0.3, 0.4) is 0 Å². The van der Waals surface area contributed by atoms with Crippen LogP contribution in [0.2, 0.25) is 0 Å². The zero-order valence-corrected chi connectivity index (χ0v) is 14.4. The highest BCUT2D eigenvalue weighted by Crippen LogP contribution is 2.29. The normalized spacial score (nSPS) is 10.5. The van der Waals surface area contributed by atoms with Gasteiger partial charge in [-0.1, -0.05) is 54.6 Å². The molecule has 0 aliphatic rings. The van der Waals surface area contributed by atoms with Crippen LogP contribution >= 0.6 is 0 Å². The molecule has 0 saturated heterocycles. The number of rotatable bonds is 7. The number of hydrogen-bond donors (Lipinski definition) is 1. The van der Waals surface area contributed by atoms with Crippen molar-refractivity contribution < 1.29 is 9.66 Å². The van der Waals surface area contributed by atoms with Gasteiger partial charge < -0.3 is 10.1 Å². The Bertz CT molecular complexity index is 898. The van der Waals surface area contributed by atoms with E-state index in [0.29, 0.717) is 30.2 Å². The number of pyridine rings is 1. The summed E-state index contributed by atoms with van der Waals surface area (Å²) in [5, 5.41) is 14.6. The maximum absolute atomic E-state index is 11.3. The molecule has 0 aliphatic carbocycles. The van der Waals surface area contributed by atoms with E-state index >= 15 is 0 Å². The Kier molecular flexibility index (Phi) is 5.56. The van der Waals surface area contributed by atoms with Crippen LogP contribution in [-0.4, -0.2) is 17.0 Å². The fourth-order valence-electron chi connectivity index (χ4n) is 2.69. The quantitative estimate of drug-likeness (QED) is 0.505. The molecule has 1 heterocycles. The third kappa shape index (κ3) is 4.23. The molecule has 0 unspecified atom stereocenters. The third-order valence-electron chi connectivity index (χ3n) is 3.89. The average Bonchev–Trinajstić information content (AvgIpc) is 2.67. The van der Waals surface area contributed by atoms with Crippen molar-refractivity contribution in [2.75, 3.05) is 12.4 Å². The number of anilines is 1. The van der Waals surface area contributed by atoms with Crippen molar-refractivity contribution >= 4 is 11.5 Å². The summed E-state index contributed by atoms with van der Waals surface area (Å²) in [4.78, 5) is 15.4. The van der Waals surface area contributed by atoms with Gasteiger partial charge in [-0.15, -0.1) is 0 Å². The van der Waals surface area contributed by atoms with Gasteiger partial charge in [-0.2, -0.15) is 0 Å². The summed E-state index contributed by atoms with van der Waals surface area (Å²) in [6.45, 7) is 1.12. The highest BCUT2D eigenvalue weighted by molar-refractivity contribution is 5.71. The third-order valence-corrected chi connectivity index (χ3v) is 3.89. The lowest BCUT2D eigenvalue weighted by Gasteiger charge is -2.09. The maximum atomic E-state index is 11.3. The van der Waals surface area contributed by atoms with Crippen molar-refractivity contribution in [2.24, 2.45) is 0 Å². The van der Waals surface area contributed by atoms with Crippen molar-refractivity contribution in [1.29, 1.82) is 0 Å². The van der Waals surface area contributed by atoms with Crippen molar-refractivity contribution in [3.63, 3.8) is 0 Å². The average molecular weight is 349 g/mol. The molecule has 0 radical (unpaired) electrons. The Balaban J connectivity index is 1.83.